The highest BCUT2D eigenvalue weighted by Crippen LogP contribution is 2.34. The van der Waals surface area contributed by atoms with Crippen LogP contribution in [0.5, 0.6) is 0 Å². The highest BCUT2D eigenvalue weighted by molar-refractivity contribution is 6.00. The van der Waals surface area contributed by atoms with Gasteiger partial charge in [-0.25, -0.2) is 9.78 Å². The van der Waals surface area contributed by atoms with E-state index >= 15 is 0 Å². The summed E-state index contributed by atoms with van der Waals surface area (Å²) in [6.45, 7) is 2.44. The molecule has 5 nitrogen and oxygen atoms in total. The molecule has 8 heteroatoms. The van der Waals surface area contributed by atoms with Crippen LogP contribution in [0.15, 0.2) is 48.5 Å². The third kappa shape index (κ3) is 3.42. The Hall–Kier alpha value is -3.03. The van der Waals surface area contributed by atoms with Crippen molar-refractivity contribution >= 4 is 28.7 Å². The number of hydrogen-bond acceptors (Lipinski definition) is 2. The maximum absolute atomic E-state index is 13.0. The predicted molar refractivity (Wildman–Crippen MR) is 89.5 cm³/mol. The second-order valence-electron chi connectivity index (χ2n) is 5.29. The van der Waals surface area contributed by atoms with Gasteiger partial charge in [-0.1, -0.05) is 24.3 Å². The molecule has 3 aromatic rings. The molecule has 0 atom stereocenters. The van der Waals surface area contributed by atoms with Gasteiger partial charge in [0.1, 0.15) is 0 Å². The average Bonchev–Trinajstić information content (AvgIpc) is 2.91. The van der Waals surface area contributed by atoms with Crippen LogP contribution in [0.2, 0.25) is 0 Å². The Morgan fingerprint density at radius 1 is 1.08 bits per heavy atom. The second-order valence-corrected chi connectivity index (χ2v) is 5.29. The van der Waals surface area contributed by atoms with Gasteiger partial charge in [0, 0.05) is 6.54 Å². The molecule has 1 heterocycles. The Kier molecular flexibility index (Phi) is 4.35. The van der Waals surface area contributed by atoms with E-state index in [0.29, 0.717) is 12.1 Å². The Morgan fingerprint density at radius 2 is 1.76 bits per heavy atom. The predicted octanol–water partition coefficient (Wildman–Crippen LogP) is 4.72. The lowest BCUT2D eigenvalue weighted by molar-refractivity contribution is -0.136. The molecule has 0 aliphatic rings. The number of amides is 2. The van der Waals surface area contributed by atoms with Crippen molar-refractivity contribution < 1.29 is 18.0 Å². The van der Waals surface area contributed by atoms with E-state index in [-0.39, 0.29) is 11.6 Å². The highest BCUT2D eigenvalue weighted by Gasteiger charge is 2.33. The molecule has 0 radical (unpaired) electrons. The van der Waals surface area contributed by atoms with Gasteiger partial charge in [-0.05, 0) is 31.2 Å². The number of imidazole rings is 1. The summed E-state index contributed by atoms with van der Waals surface area (Å²) in [6.07, 6.45) is -4.56. The second kappa shape index (κ2) is 6.46. The molecular formula is C17H15F3N4O. The van der Waals surface area contributed by atoms with Crippen molar-refractivity contribution in [2.75, 3.05) is 10.6 Å². The van der Waals surface area contributed by atoms with Gasteiger partial charge in [0.15, 0.2) is 0 Å². The molecule has 130 valence electrons. The molecule has 2 N–H and O–H groups in total. The van der Waals surface area contributed by atoms with Crippen molar-refractivity contribution in [3.05, 3.63) is 54.1 Å². The van der Waals surface area contributed by atoms with E-state index < -0.39 is 17.8 Å². The Labute approximate surface area is 141 Å². The van der Waals surface area contributed by atoms with Crippen LogP contribution in [0.1, 0.15) is 12.5 Å². The number of rotatable bonds is 3. The molecule has 0 unspecified atom stereocenters. The number of hydrogen-bond donors (Lipinski definition) is 2. The molecule has 0 aliphatic carbocycles. The van der Waals surface area contributed by atoms with E-state index in [0.717, 1.165) is 11.6 Å². The van der Waals surface area contributed by atoms with Crippen molar-refractivity contribution in [3.63, 3.8) is 0 Å². The molecule has 2 amide bonds. The number of alkyl halides is 3. The zero-order chi connectivity index (χ0) is 18.0. The lowest BCUT2D eigenvalue weighted by Gasteiger charge is -2.14. The van der Waals surface area contributed by atoms with Gasteiger partial charge in [-0.15, -0.1) is 0 Å². The Balaban J connectivity index is 1.85. The average molecular weight is 348 g/mol. The van der Waals surface area contributed by atoms with Crippen LogP contribution < -0.4 is 10.6 Å². The summed E-state index contributed by atoms with van der Waals surface area (Å²) in [5.41, 5.74) is 0.298. The lowest BCUT2D eigenvalue weighted by atomic mass is 10.1. The maximum atomic E-state index is 13.0. The molecule has 0 spiro atoms. The number of para-hydroxylation sites is 3. The molecular weight excluding hydrogens is 333 g/mol. The monoisotopic (exact) mass is 348 g/mol. The van der Waals surface area contributed by atoms with Crippen LogP contribution in [0.25, 0.3) is 11.0 Å². The van der Waals surface area contributed by atoms with Crippen molar-refractivity contribution in [1.82, 2.24) is 9.55 Å². The molecule has 0 aliphatic heterocycles. The SMILES string of the molecule is CCn1c(NC(=O)Nc2ccccc2C(F)(F)F)nc2ccccc21. The molecule has 2 aromatic carbocycles. The number of nitrogens with zero attached hydrogens (tertiary/aromatic N) is 2. The molecule has 0 saturated carbocycles. The topological polar surface area (TPSA) is 59.0 Å². The number of anilines is 2. The third-order valence-electron chi connectivity index (χ3n) is 3.68. The molecule has 3 rings (SSSR count). The van der Waals surface area contributed by atoms with Gasteiger partial charge >= 0.3 is 12.2 Å². The molecule has 25 heavy (non-hydrogen) atoms. The number of aromatic nitrogens is 2. The summed E-state index contributed by atoms with van der Waals surface area (Å²) < 4.78 is 40.8. The van der Waals surface area contributed by atoms with E-state index in [9.17, 15) is 18.0 Å². The summed E-state index contributed by atoms with van der Waals surface area (Å²) in [7, 11) is 0. The lowest BCUT2D eigenvalue weighted by Crippen LogP contribution is -2.23. The number of fused-ring (bicyclic) bond motifs is 1. The zero-order valence-electron chi connectivity index (χ0n) is 13.3. The fourth-order valence-electron chi connectivity index (χ4n) is 2.59. The van der Waals surface area contributed by atoms with Crippen LogP contribution in [-0.2, 0) is 12.7 Å². The zero-order valence-corrected chi connectivity index (χ0v) is 13.3. The number of halogens is 3. The first-order valence-corrected chi connectivity index (χ1v) is 7.59. The summed E-state index contributed by atoms with van der Waals surface area (Å²) in [4.78, 5) is 16.5. The minimum absolute atomic E-state index is 0.269. The summed E-state index contributed by atoms with van der Waals surface area (Å²) >= 11 is 0. The van der Waals surface area contributed by atoms with Gasteiger partial charge in [-0.3, -0.25) is 5.32 Å². The van der Waals surface area contributed by atoms with E-state index in [1.54, 1.807) is 10.6 Å². The van der Waals surface area contributed by atoms with Crippen molar-refractivity contribution in [3.8, 4) is 0 Å². The van der Waals surface area contributed by atoms with Gasteiger partial charge < -0.3 is 9.88 Å². The smallest absolute Gasteiger partial charge is 0.310 e. The molecule has 0 saturated heterocycles. The quantitative estimate of drug-likeness (QED) is 0.719. The minimum atomic E-state index is -4.56. The maximum Gasteiger partial charge on any atom is 0.418 e. The standard InChI is InChI=1S/C17H15F3N4O/c1-2-24-14-10-6-5-9-13(14)21-15(24)23-16(25)22-12-8-4-3-7-11(12)17(18,19)20/h3-10H,2H2,1H3,(H2,21,22,23,25). The molecule has 1 aromatic heterocycles. The largest absolute Gasteiger partial charge is 0.418 e. The highest BCUT2D eigenvalue weighted by atomic mass is 19.4. The first-order valence-electron chi connectivity index (χ1n) is 7.59. The van der Waals surface area contributed by atoms with Crippen LogP contribution in [0.4, 0.5) is 29.6 Å². The van der Waals surface area contributed by atoms with Crippen LogP contribution in [0.3, 0.4) is 0 Å². The first-order chi connectivity index (χ1) is 11.9. The third-order valence-corrected chi connectivity index (χ3v) is 3.68. The minimum Gasteiger partial charge on any atom is -0.310 e. The summed E-state index contributed by atoms with van der Waals surface area (Å²) in [6, 6.07) is 11.3. The number of urea groups is 1. The first kappa shape index (κ1) is 16.8. The number of carbonyl (C=O) groups excluding carboxylic acids is 1. The van der Waals surface area contributed by atoms with E-state index in [4.69, 9.17) is 0 Å². The fraction of sp³-hybridized carbons (Fsp3) is 0.176. The van der Waals surface area contributed by atoms with Crippen molar-refractivity contribution in [1.29, 1.82) is 0 Å². The van der Waals surface area contributed by atoms with Gasteiger partial charge in [0.25, 0.3) is 0 Å². The van der Waals surface area contributed by atoms with Crippen LogP contribution >= 0.6 is 0 Å². The van der Waals surface area contributed by atoms with E-state index in [2.05, 4.69) is 15.6 Å². The molecule has 0 fully saturated rings. The van der Waals surface area contributed by atoms with Crippen molar-refractivity contribution in [2.45, 2.75) is 19.6 Å². The number of benzene rings is 2. The molecule has 0 bridgehead atoms. The van der Waals surface area contributed by atoms with E-state index in [1.165, 1.54) is 18.2 Å². The van der Waals surface area contributed by atoms with Gasteiger partial charge in [0.2, 0.25) is 5.95 Å². The number of carbonyl (C=O) groups is 1. The van der Waals surface area contributed by atoms with Gasteiger partial charge in [0.05, 0.1) is 22.3 Å². The van der Waals surface area contributed by atoms with E-state index in [1.807, 2.05) is 25.1 Å². The Morgan fingerprint density at radius 3 is 2.48 bits per heavy atom. The van der Waals surface area contributed by atoms with Crippen molar-refractivity contribution in [2.24, 2.45) is 0 Å². The number of aryl methyl sites for hydroxylation is 1. The Bertz CT molecular complexity index is 918. The fourth-order valence-corrected chi connectivity index (χ4v) is 2.59. The summed E-state index contributed by atoms with van der Waals surface area (Å²) in [5, 5.41) is 4.75. The summed E-state index contributed by atoms with van der Waals surface area (Å²) in [5.74, 6) is 0.269. The van der Waals surface area contributed by atoms with Gasteiger partial charge in [-0.2, -0.15) is 13.2 Å². The van der Waals surface area contributed by atoms with Crippen LogP contribution in [0, 0.1) is 0 Å². The van der Waals surface area contributed by atoms with Crippen LogP contribution in [-0.4, -0.2) is 15.6 Å². The normalized spacial score (nSPS) is 11.5. The number of nitrogens with one attached hydrogen (secondary N) is 2.